The van der Waals surface area contributed by atoms with Crippen molar-refractivity contribution in [3.8, 4) is 0 Å². The molecule has 0 aliphatic heterocycles. The molecule has 0 bridgehead atoms. The zero-order valence-corrected chi connectivity index (χ0v) is 11.1. The summed E-state index contributed by atoms with van der Waals surface area (Å²) in [7, 11) is 1.66. The summed E-state index contributed by atoms with van der Waals surface area (Å²) in [5.74, 6) is -3.39. The lowest BCUT2D eigenvalue weighted by atomic mass is 10.3. The zero-order valence-electron chi connectivity index (χ0n) is 11.1. The smallest absolute Gasteiger partial charge is 0.355 e. The van der Waals surface area contributed by atoms with E-state index < -0.39 is 30.1 Å². The third kappa shape index (κ3) is 3.65. The number of aromatic nitrogens is 1. The minimum absolute atomic E-state index is 0.0776. The molecule has 0 saturated carbocycles. The van der Waals surface area contributed by atoms with E-state index in [0.717, 1.165) is 12.1 Å². The van der Waals surface area contributed by atoms with Gasteiger partial charge in [0.15, 0.2) is 18.2 Å². The number of esters is 1. The van der Waals surface area contributed by atoms with Crippen molar-refractivity contribution in [1.82, 2.24) is 4.57 Å². The minimum Gasteiger partial charge on any atom is -0.451 e. The van der Waals surface area contributed by atoms with E-state index in [-0.39, 0.29) is 5.69 Å². The van der Waals surface area contributed by atoms with Crippen molar-refractivity contribution in [3.05, 3.63) is 53.9 Å². The highest BCUT2D eigenvalue weighted by molar-refractivity contribution is 5.94. The Kier molecular flexibility index (Phi) is 4.32. The lowest BCUT2D eigenvalue weighted by Gasteiger charge is -2.07. The molecule has 2 aromatic rings. The van der Waals surface area contributed by atoms with Crippen LogP contribution in [0.2, 0.25) is 0 Å². The molecule has 1 heterocycles. The average molecular weight is 294 g/mol. The number of nitrogens with zero attached hydrogens (tertiary/aromatic N) is 1. The highest BCUT2D eigenvalue weighted by Crippen LogP contribution is 2.13. The lowest BCUT2D eigenvalue weighted by Crippen LogP contribution is -2.21. The second-order valence-electron chi connectivity index (χ2n) is 4.26. The second kappa shape index (κ2) is 6.17. The van der Waals surface area contributed by atoms with E-state index in [2.05, 4.69) is 5.32 Å². The van der Waals surface area contributed by atoms with Gasteiger partial charge in [0.05, 0.1) is 0 Å². The topological polar surface area (TPSA) is 60.3 Å². The van der Waals surface area contributed by atoms with Crippen LogP contribution in [0.4, 0.5) is 14.5 Å². The largest absolute Gasteiger partial charge is 0.451 e. The van der Waals surface area contributed by atoms with Crippen LogP contribution in [0.3, 0.4) is 0 Å². The summed E-state index contributed by atoms with van der Waals surface area (Å²) in [6.45, 7) is -0.525. The first-order valence-electron chi connectivity index (χ1n) is 6.00. The first-order chi connectivity index (χ1) is 9.97. The van der Waals surface area contributed by atoms with Crippen molar-refractivity contribution < 1.29 is 23.1 Å². The van der Waals surface area contributed by atoms with Crippen molar-refractivity contribution in [2.24, 2.45) is 7.05 Å². The van der Waals surface area contributed by atoms with Crippen LogP contribution in [-0.2, 0) is 16.6 Å². The van der Waals surface area contributed by atoms with Gasteiger partial charge >= 0.3 is 5.97 Å². The number of halogens is 2. The number of rotatable bonds is 4. The Bertz CT molecular complexity index is 683. The third-order valence-corrected chi connectivity index (χ3v) is 2.69. The van der Waals surface area contributed by atoms with Gasteiger partial charge in [0.1, 0.15) is 5.69 Å². The molecule has 110 valence electrons. The second-order valence-corrected chi connectivity index (χ2v) is 4.26. The van der Waals surface area contributed by atoms with E-state index >= 15 is 0 Å². The number of benzene rings is 1. The third-order valence-electron chi connectivity index (χ3n) is 2.69. The Balaban J connectivity index is 1.89. The predicted octanol–water partition coefficient (Wildman–Crippen LogP) is 2.10. The molecule has 0 aliphatic carbocycles. The van der Waals surface area contributed by atoms with E-state index in [0.29, 0.717) is 5.69 Å². The maximum absolute atomic E-state index is 13.0. The van der Waals surface area contributed by atoms with Gasteiger partial charge in [-0.05, 0) is 24.3 Å². The van der Waals surface area contributed by atoms with Crippen LogP contribution in [0, 0.1) is 11.6 Å². The Morgan fingerprint density at radius 1 is 1.24 bits per heavy atom. The molecular weight excluding hydrogens is 282 g/mol. The SMILES string of the molecule is Cn1cccc1C(=O)OCC(=O)Nc1ccc(F)c(F)c1. The highest BCUT2D eigenvalue weighted by atomic mass is 19.2. The molecule has 0 atom stereocenters. The van der Waals surface area contributed by atoms with Gasteiger partial charge in [-0.25, -0.2) is 13.6 Å². The van der Waals surface area contributed by atoms with Crippen molar-refractivity contribution in [2.75, 3.05) is 11.9 Å². The Morgan fingerprint density at radius 2 is 2.00 bits per heavy atom. The molecule has 21 heavy (non-hydrogen) atoms. The Morgan fingerprint density at radius 3 is 2.62 bits per heavy atom. The summed E-state index contributed by atoms with van der Waals surface area (Å²) in [5.41, 5.74) is 0.379. The standard InChI is InChI=1S/C14H12F2N2O3/c1-18-6-2-3-12(18)14(20)21-8-13(19)17-9-4-5-10(15)11(16)7-9/h2-7H,8H2,1H3,(H,17,19). The van der Waals surface area contributed by atoms with Crippen LogP contribution in [0.15, 0.2) is 36.5 Å². The molecule has 0 fully saturated rings. The molecule has 7 heteroatoms. The van der Waals surface area contributed by atoms with Crippen molar-refractivity contribution in [3.63, 3.8) is 0 Å². The van der Waals surface area contributed by atoms with Gasteiger partial charge in [0, 0.05) is 25.0 Å². The number of hydrogen-bond donors (Lipinski definition) is 1. The van der Waals surface area contributed by atoms with E-state index in [1.54, 1.807) is 29.9 Å². The van der Waals surface area contributed by atoms with Crippen LogP contribution in [0.25, 0.3) is 0 Å². The van der Waals surface area contributed by atoms with Gasteiger partial charge in [-0.1, -0.05) is 0 Å². The van der Waals surface area contributed by atoms with Gasteiger partial charge in [-0.2, -0.15) is 0 Å². The zero-order chi connectivity index (χ0) is 15.4. The molecule has 0 radical (unpaired) electrons. The van der Waals surface area contributed by atoms with Crippen molar-refractivity contribution >= 4 is 17.6 Å². The maximum Gasteiger partial charge on any atom is 0.355 e. The summed E-state index contributed by atoms with van der Waals surface area (Å²) in [4.78, 5) is 23.2. The quantitative estimate of drug-likeness (QED) is 0.878. The summed E-state index contributed by atoms with van der Waals surface area (Å²) in [5, 5.41) is 2.30. The molecule has 1 N–H and O–H groups in total. The molecule has 1 aromatic heterocycles. The monoisotopic (exact) mass is 294 g/mol. The van der Waals surface area contributed by atoms with E-state index in [4.69, 9.17) is 4.74 Å². The number of amides is 1. The number of nitrogens with one attached hydrogen (secondary N) is 1. The van der Waals surface area contributed by atoms with Gasteiger partial charge < -0.3 is 14.6 Å². The van der Waals surface area contributed by atoms with Gasteiger partial charge in [-0.15, -0.1) is 0 Å². The summed E-state index contributed by atoms with van der Waals surface area (Å²) < 4.78 is 32.1. The summed E-state index contributed by atoms with van der Waals surface area (Å²) in [6.07, 6.45) is 1.66. The summed E-state index contributed by atoms with van der Waals surface area (Å²) >= 11 is 0. The van der Waals surface area contributed by atoms with Gasteiger partial charge in [-0.3, -0.25) is 4.79 Å². The highest BCUT2D eigenvalue weighted by Gasteiger charge is 2.13. The summed E-state index contributed by atoms with van der Waals surface area (Å²) in [6, 6.07) is 6.15. The average Bonchev–Trinajstić information content (AvgIpc) is 2.86. The number of anilines is 1. The molecule has 0 aliphatic rings. The van der Waals surface area contributed by atoms with Crippen LogP contribution < -0.4 is 5.32 Å². The predicted molar refractivity (Wildman–Crippen MR) is 70.7 cm³/mol. The number of aryl methyl sites for hydroxylation is 1. The van der Waals surface area contributed by atoms with E-state index in [1.807, 2.05) is 0 Å². The first-order valence-corrected chi connectivity index (χ1v) is 6.00. The molecule has 5 nitrogen and oxygen atoms in total. The first kappa shape index (κ1) is 14.7. The molecule has 1 amide bonds. The van der Waals surface area contributed by atoms with E-state index in [1.165, 1.54) is 6.07 Å². The van der Waals surface area contributed by atoms with Crippen LogP contribution in [0.5, 0.6) is 0 Å². The number of ether oxygens (including phenoxy) is 1. The fourth-order valence-electron chi connectivity index (χ4n) is 1.65. The molecule has 0 saturated heterocycles. The van der Waals surface area contributed by atoms with Gasteiger partial charge in [0.25, 0.3) is 5.91 Å². The number of hydrogen-bond acceptors (Lipinski definition) is 3. The van der Waals surface area contributed by atoms with Crippen LogP contribution in [0.1, 0.15) is 10.5 Å². The Labute approximate surface area is 119 Å². The molecule has 0 unspecified atom stereocenters. The Hall–Kier alpha value is -2.70. The maximum atomic E-state index is 13.0. The van der Waals surface area contributed by atoms with Crippen molar-refractivity contribution in [2.45, 2.75) is 0 Å². The molecular formula is C14H12F2N2O3. The van der Waals surface area contributed by atoms with Crippen LogP contribution >= 0.6 is 0 Å². The van der Waals surface area contributed by atoms with Crippen molar-refractivity contribution in [1.29, 1.82) is 0 Å². The number of carbonyl (C=O) groups is 2. The fourth-order valence-corrected chi connectivity index (χ4v) is 1.65. The van der Waals surface area contributed by atoms with Gasteiger partial charge in [0.2, 0.25) is 0 Å². The molecule has 1 aromatic carbocycles. The van der Waals surface area contributed by atoms with E-state index in [9.17, 15) is 18.4 Å². The fraction of sp³-hybridized carbons (Fsp3) is 0.143. The van der Waals surface area contributed by atoms with Crippen LogP contribution in [-0.4, -0.2) is 23.1 Å². The number of carbonyl (C=O) groups excluding carboxylic acids is 2. The molecule has 0 spiro atoms. The minimum atomic E-state index is -1.08. The normalized spacial score (nSPS) is 10.2. The lowest BCUT2D eigenvalue weighted by molar-refractivity contribution is -0.119. The molecule has 2 rings (SSSR count).